The first-order chi connectivity index (χ1) is 11.4. The number of aryl methyl sites for hydroxylation is 1. The Kier molecular flexibility index (Phi) is 4.46. The van der Waals surface area contributed by atoms with E-state index in [1.807, 2.05) is 0 Å². The fourth-order valence-corrected chi connectivity index (χ4v) is 2.77. The van der Waals surface area contributed by atoms with Crippen LogP contribution in [0.2, 0.25) is 0 Å². The maximum absolute atomic E-state index is 13.8. The van der Waals surface area contributed by atoms with E-state index in [9.17, 15) is 18.4 Å². The number of carbonyl (C=O) groups excluding carboxylic acids is 1. The molecule has 3 rings (SSSR count). The van der Waals surface area contributed by atoms with Crippen molar-refractivity contribution in [3.05, 3.63) is 51.7 Å². The number of amides is 1. The van der Waals surface area contributed by atoms with E-state index < -0.39 is 23.2 Å². The van der Waals surface area contributed by atoms with Crippen molar-refractivity contribution in [3.8, 4) is 0 Å². The number of carbonyl (C=O) groups is 1. The first kappa shape index (κ1) is 16.4. The molecular formula is C16H18F2N4O2. The molecule has 1 aliphatic carbocycles. The third kappa shape index (κ3) is 3.69. The van der Waals surface area contributed by atoms with Gasteiger partial charge in [0.25, 0.3) is 5.91 Å². The number of aromatic amines is 1. The van der Waals surface area contributed by atoms with Crippen molar-refractivity contribution in [2.75, 3.05) is 6.54 Å². The Balaban J connectivity index is 1.65. The Hall–Kier alpha value is -2.51. The smallest absolute Gasteiger partial charge is 0.343 e. The summed E-state index contributed by atoms with van der Waals surface area (Å²) in [4.78, 5) is 25.7. The molecule has 0 unspecified atom stereocenters. The summed E-state index contributed by atoms with van der Waals surface area (Å²) in [6.45, 7) is 0.318. The van der Waals surface area contributed by atoms with E-state index >= 15 is 0 Å². The second-order valence-electron chi connectivity index (χ2n) is 6.15. The zero-order chi connectivity index (χ0) is 17.3. The number of nitrogens with one attached hydrogen (secondary N) is 2. The summed E-state index contributed by atoms with van der Waals surface area (Å²) < 4.78 is 28.2. The molecule has 8 heteroatoms. The van der Waals surface area contributed by atoms with Crippen LogP contribution in [-0.2, 0) is 13.5 Å². The highest BCUT2D eigenvalue weighted by Gasteiger charge is 2.32. The molecule has 2 N–H and O–H groups in total. The summed E-state index contributed by atoms with van der Waals surface area (Å²) >= 11 is 0. The molecule has 0 bridgehead atoms. The minimum absolute atomic E-state index is 0.0145. The molecule has 0 aliphatic heterocycles. The lowest BCUT2D eigenvalue weighted by molar-refractivity contribution is 0.0934. The highest BCUT2D eigenvalue weighted by atomic mass is 19.1. The molecule has 6 nitrogen and oxygen atoms in total. The van der Waals surface area contributed by atoms with Crippen molar-refractivity contribution in [2.45, 2.75) is 19.3 Å². The lowest BCUT2D eigenvalue weighted by Crippen LogP contribution is -2.32. The third-order valence-corrected chi connectivity index (χ3v) is 4.29. The molecule has 1 aliphatic rings. The van der Waals surface area contributed by atoms with Crippen LogP contribution in [0.3, 0.4) is 0 Å². The van der Waals surface area contributed by atoms with Crippen molar-refractivity contribution in [1.82, 2.24) is 20.1 Å². The summed E-state index contributed by atoms with van der Waals surface area (Å²) in [5, 5.41) is 6.50. The highest BCUT2D eigenvalue weighted by molar-refractivity contribution is 5.90. The van der Waals surface area contributed by atoms with Gasteiger partial charge in [0.15, 0.2) is 0 Å². The molecule has 1 fully saturated rings. The first-order valence-corrected chi connectivity index (χ1v) is 7.79. The van der Waals surface area contributed by atoms with Gasteiger partial charge >= 0.3 is 5.69 Å². The van der Waals surface area contributed by atoms with Crippen LogP contribution in [0.4, 0.5) is 8.78 Å². The first-order valence-electron chi connectivity index (χ1n) is 7.79. The SMILES string of the molecule is Cn1nc(C(=O)NC[C@H](Cc2cc(F)ccc2F)C2CC2)[nH]c1=O. The number of aromatic nitrogens is 3. The van der Waals surface area contributed by atoms with Gasteiger partial charge in [-0.1, -0.05) is 0 Å². The summed E-state index contributed by atoms with van der Waals surface area (Å²) in [5.41, 5.74) is -0.159. The molecule has 2 aromatic rings. The van der Waals surface area contributed by atoms with Gasteiger partial charge in [-0.15, -0.1) is 5.10 Å². The van der Waals surface area contributed by atoms with Crippen molar-refractivity contribution in [1.29, 1.82) is 0 Å². The van der Waals surface area contributed by atoms with Gasteiger partial charge in [-0.25, -0.2) is 18.3 Å². The fourth-order valence-electron chi connectivity index (χ4n) is 2.77. The highest BCUT2D eigenvalue weighted by Crippen LogP contribution is 2.38. The van der Waals surface area contributed by atoms with Crippen molar-refractivity contribution in [2.24, 2.45) is 18.9 Å². The van der Waals surface area contributed by atoms with Crippen LogP contribution in [0.5, 0.6) is 0 Å². The Labute approximate surface area is 136 Å². The quantitative estimate of drug-likeness (QED) is 0.836. The van der Waals surface area contributed by atoms with Gasteiger partial charge in [0.2, 0.25) is 5.82 Å². The monoisotopic (exact) mass is 336 g/mol. The Morgan fingerprint density at radius 1 is 1.46 bits per heavy atom. The van der Waals surface area contributed by atoms with E-state index in [4.69, 9.17) is 0 Å². The van der Waals surface area contributed by atoms with E-state index in [0.717, 1.165) is 29.7 Å². The minimum Gasteiger partial charge on any atom is -0.349 e. The molecule has 0 spiro atoms. The van der Waals surface area contributed by atoms with E-state index in [1.165, 1.54) is 13.1 Å². The minimum atomic E-state index is -0.488. The Bertz CT molecular complexity index is 811. The number of halogens is 2. The summed E-state index contributed by atoms with van der Waals surface area (Å²) in [7, 11) is 1.44. The predicted octanol–water partition coefficient (Wildman–Crippen LogP) is 1.39. The lowest BCUT2D eigenvalue weighted by atomic mass is 9.94. The molecule has 1 heterocycles. The zero-order valence-corrected chi connectivity index (χ0v) is 13.2. The number of hydrogen-bond acceptors (Lipinski definition) is 3. The van der Waals surface area contributed by atoms with Gasteiger partial charge < -0.3 is 5.32 Å². The van der Waals surface area contributed by atoms with Crippen molar-refractivity contribution in [3.63, 3.8) is 0 Å². The van der Waals surface area contributed by atoms with E-state index in [-0.39, 0.29) is 11.7 Å². The fraction of sp³-hybridized carbons (Fsp3) is 0.438. The number of nitrogens with zero attached hydrogens (tertiary/aromatic N) is 2. The van der Waals surface area contributed by atoms with E-state index in [0.29, 0.717) is 24.4 Å². The molecule has 128 valence electrons. The Morgan fingerprint density at radius 2 is 2.21 bits per heavy atom. The summed E-state index contributed by atoms with van der Waals surface area (Å²) in [5.74, 6) is -1.07. The van der Waals surface area contributed by atoms with Gasteiger partial charge in [0.05, 0.1) is 0 Å². The molecule has 1 saturated carbocycles. The van der Waals surface area contributed by atoms with Crippen LogP contribution in [0.1, 0.15) is 29.0 Å². The third-order valence-electron chi connectivity index (χ3n) is 4.29. The molecule has 0 saturated heterocycles. The van der Waals surface area contributed by atoms with Gasteiger partial charge in [0, 0.05) is 13.6 Å². The largest absolute Gasteiger partial charge is 0.349 e. The second kappa shape index (κ2) is 6.54. The van der Waals surface area contributed by atoms with E-state index in [1.54, 1.807) is 0 Å². The number of rotatable bonds is 6. The molecule has 0 radical (unpaired) electrons. The average Bonchev–Trinajstić information content (AvgIpc) is 3.33. The van der Waals surface area contributed by atoms with Crippen molar-refractivity contribution < 1.29 is 13.6 Å². The lowest BCUT2D eigenvalue weighted by Gasteiger charge is -2.17. The van der Waals surface area contributed by atoms with Crippen LogP contribution in [0.15, 0.2) is 23.0 Å². The van der Waals surface area contributed by atoms with Gasteiger partial charge in [-0.05, 0) is 54.9 Å². The topological polar surface area (TPSA) is 79.8 Å². The van der Waals surface area contributed by atoms with Crippen molar-refractivity contribution >= 4 is 5.91 Å². The number of H-pyrrole nitrogens is 1. The normalized spacial score (nSPS) is 15.3. The molecule has 1 aromatic carbocycles. The maximum atomic E-state index is 13.8. The second-order valence-corrected chi connectivity index (χ2v) is 6.15. The van der Waals surface area contributed by atoms with Crippen LogP contribution in [0.25, 0.3) is 0 Å². The number of benzene rings is 1. The summed E-state index contributed by atoms with van der Waals surface area (Å²) in [6, 6.07) is 3.40. The zero-order valence-electron chi connectivity index (χ0n) is 13.2. The van der Waals surface area contributed by atoms with Gasteiger partial charge in [-0.3, -0.25) is 9.78 Å². The molecule has 24 heavy (non-hydrogen) atoms. The van der Waals surface area contributed by atoms with Crippen LogP contribution in [0, 0.1) is 23.5 Å². The molecule has 1 amide bonds. The van der Waals surface area contributed by atoms with Crippen LogP contribution in [-0.4, -0.2) is 27.2 Å². The van der Waals surface area contributed by atoms with E-state index in [2.05, 4.69) is 15.4 Å². The Morgan fingerprint density at radius 3 is 2.83 bits per heavy atom. The summed E-state index contributed by atoms with van der Waals surface area (Å²) in [6.07, 6.45) is 2.38. The van der Waals surface area contributed by atoms with Crippen LogP contribution >= 0.6 is 0 Å². The maximum Gasteiger partial charge on any atom is 0.343 e. The van der Waals surface area contributed by atoms with Gasteiger partial charge in [0.1, 0.15) is 11.6 Å². The standard InChI is InChI=1S/C16H18F2N4O2/c1-22-16(24)20-14(21-22)15(23)19-8-11(9-2-3-9)6-10-7-12(17)4-5-13(10)18/h4-5,7,9,11H,2-3,6,8H2,1H3,(H,19,23)(H,20,21,24)/t11-/m0/s1. The molecule has 1 atom stereocenters. The van der Waals surface area contributed by atoms with Gasteiger partial charge in [-0.2, -0.15) is 0 Å². The average molecular weight is 336 g/mol. The predicted molar refractivity (Wildman–Crippen MR) is 82.4 cm³/mol. The molecule has 1 aromatic heterocycles. The molecular weight excluding hydrogens is 318 g/mol. The number of hydrogen-bond donors (Lipinski definition) is 2. The van der Waals surface area contributed by atoms with Crippen LogP contribution < -0.4 is 11.0 Å².